The zero-order valence-electron chi connectivity index (χ0n) is 14.7. The van der Waals surface area contributed by atoms with E-state index in [9.17, 15) is 4.79 Å². The molecule has 0 spiro atoms. The van der Waals surface area contributed by atoms with Crippen LogP contribution in [0.15, 0.2) is 60.7 Å². The quantitative estimate of drug-likeness (QED) is 0.897. The second-order valence-corrected chi connectivity index (χ2v) is 6.67. The molecule has 2 unspecified atom stereocenters. The van der Waals surface area contributed by atoms with Gasteiger partial charge in [-0.05, 0) is 30.9 Å². The smallest absolute Gasteiger partial charge is 0.410 e. The summed E-state index contributed by atoms with van der Waals surface area (Å²) in [6.07, 6.45) is 1.70. The molecule has 1 aliphatic heterocycles. The molecular formula is C21H26N2O2. The summed E-state index contributed by atoms with van der Waals surface area (Å²) in [5.74, 6) is 0. The van der Waals surface area contributed by atoms with Crippen LogP contribution in [-0.2, 0) is 17.9 Å². The van der Waals surface area contributed by atoms with Crippen LogP contribution in [0.25, 0.3) is 0 Å². The molecule has 132 valence electrons. The Morgan fingerprint density at radius 2 is 1.72 bits per heavy atom. The number of nitrogens with zero attached hydrogens (tertiary/aromatic N) is 1. The van der Waals surface area contributed by atoms with Gasteiger partial charge < -0.3 is 15.0 Å². The van der Waals surface area contributed by atoms with Gasteiger partial charge >= 0.3 is 6.09 Å². The third-order valence-electron chi connectivity index (χ3n) is 4.75. The third kappa shape index (κ3) is 5.07. The van der Waals surface area contributed by atoms with Crippen molar-refractivity contribution < 1.29 is 9.53 Å². The first-order valence-electron chi connectivity index (χ1n) is 8.97. The van der Waals surface area contributed by atoms with E-state index in [0.29, 0.717) is 12.6 Å². The number of rotatable bonds is 5. The maximum atomic E-state index is 12.4. The highest BCUT2D eigenvalue weighted by Crippen LogP contribution is 2.19. The van der Waals surface area contributed by atoms with E-state index in [1.165, 1.54) is 5.56 Å². The lowest BCUT2D eigenvalue weighted by Crippen LogP contribution is -2.49. The van der Waals surface area contributed by atoms with Crippen LogP contribution in [0.4, 0.5) is 4.79 Å². The Morgan fingerprint density at radius 1 is 1.08 bits per heavy atom. The van der Waals surface area contributed by atoms with Gasteiger partial charge in [-0.1, -0.05) is 60.7 Å². The van der Waals surface area contributed by atoms with E-state index in [-0.39, 0.29) is 12.1 Å². The molecule has 2 aromatic rings. The van der Waals surface area contributed by atoms with Crippen molar-refractivity contribution in [1.82, 2.24) is 10.2 Å². The number of ether oxygens (including phenoxy) is 1. The molecule has 3 rings (SSSR count). The zero-order valence-corrected chi connectivity index (χ0v) is 14.7. The Labute approximate surface area is 149 Å². The van der Waals surface area contributed by atoms with E-state index in [4.69, 9.17) is 4.74 Å². The molecule has 0 aliphatic carbocycles. The standard InChI is InChI=1S/C21H26N2O2/c1-17-14-20(22-15-18-8-4-2-5-9-18)12-13-23(17)21(24)25-16-19-10-6-3-7-11-19/h2-11,17,20,22H,12-16H2,1H3. The molecule has 2 aromatic carbocycles. The number of hydrogen-bond acceptors (Lipinski definition) is 3. The van der Waals surface area contributed by atoms with Crippen LogP contribution < -0.4 is 5.32 Å². The molecule has 25 heavy (non-hydrogen) atoms. The first-order chi connectivity index (χ1) is 12.2. The molecule has 1 saturated heterocycles. The molecule has 0 aromatic heterocycles. The van der Waals surface area contributed by atoms with Crippen molar-refractivity contribution >= 4 is 6.09 Å². The van der Waals surface area contributed by atoms with Crippen LogP contribution in [0.3, 0.4) is 0 Å². The van der Waals surface area contributed by atoms with Crippen molar-refractivity contribution in [2.45, 2.75) is 45.0 Å². The Kier molecular flexibility index (Phi) is 6.07. The number of nitrogens with one attached hydrogen (secondary N) is 1. The van der Waals surface area contributed by atoms with Crippen molar-refractivity contribution in [3.8, 4) is 0 Å². The molecule has 1 N–H and O–H groups in total. The number of hydrogen-bond donors (Lipinski definition) is 1. The fourth-order valence-corrected chi connectivity index (χ4v) is 3.29. The van der Waals surface area contributed by atoms with Crippen LogP contribution in [0, 0.1) is 0 Å². The van der Waals surface area contributed by atoms with Crippen LogP contribution >= 0.6 is 0 Å². The summed E-state index contributed by atoms with van der Waals surface area (Å²) in [6.45, 7) is 4.04. The van der Waals surface area contributed by atoms with Gasteiger partial charge in [-0.15, -0.1) is 0 Å². The second kappa shape index (κ2) is 8.67. The molecule has 0 radical (unpaired) electrons. The second-order valence-electron chi connectivity index (χ2n) is 6.67. The first kappa shape index (κ1) is 17.5. The minimum Gasteiger partial charge on any atom is -0.445 e. The minimum absolute atomic E-state index is 0.185. The van der Waals surface area contributed by atoms with E-state index in [1.807, 2.05) is 41.3 Å². The maximum absolute atomic E-state index is 12.4. The maximum Gasteiger partial charge on any atom is 0.410 e. The molecule has 1 amide bonds. The molecule has 4 heteroatoms. The summed E-state index contributed by atoms with van der Waals surface area (Å²) >= 11 is 0. The predicted octanol–water partition coefficient (Wildman–Crippen LogP) is 3.97. The van der Waals surface area contributed by atoms with Gasteiger partial charge in [-0.25, -0.2) is 4.79 Å². The highest BCUT2D eigenvalue weighted by molar-refractivity contribution is 5.68. The minimum atomic E-state index is -0.210. The summed E-state index contributed by atoms with van der Waals surface area (Å²) in [4.78, 5) is 14.2. The van der Waals surface area contributed by atoms with Crippen molar-refractivity contribution in [3.63, 3.8) is 0 Å². The Balaban J connectivity index is 1.44. The van der Waals surface area contributed by atoms with Crippen molar-refractivity contribution in [2.75, 3.05) is 6.54 Å². The molecular weight excluding hydrogens is 312 g/mol. The largest absolute Gasteiger partial charge is 0.445 e. The molecule has 0 saturated carbocycles. The number of likely N-dealkylation sites (tertiary alicyclic amines) is 1. The molecule has 4 nitrogen and oxygen atoms in total. The number of benzene rings is 2. The SMILES string of the molecule is CC1CC(NCc2ccccc2)CCN1C(=O)OCc1ccccc1. The first-order valence-corrected chi connectivity index (χ1v) is 8.97. The molecule has 2 atom stereocenters. The summed E-state index contributed by atoms with van der Waals surface area (Å²) in [6, 6.07) is 20.8. The van der Waals surface area contributed by atoms with Crippen molar-refractivity contribution in [2.24, 2.45) is 0 Å². The Morgan fingerprint density at radius 3 is 2.36 bits per heavy atom. The normalized spacial score (nSPS) is 20.3. The van der Waals surface area contributed by atoms with Gasteiger partial charge in [0.25, 0.3) is 0 Å². The van der Waals surface area contributed by atoms with Crippen LogP contribution in [0.1, 0.15) is 30.9 Å². The lowest BCUT2D eigenvalue weighted by Gasteiger charge is -2.37. The Hall–Kier alpha value is -2.33. The van der Waals surface area contributed by atoms with E-state index < -0.39 is 0 Å². The molecule has 1 aliphatic rings. The summed E-state index contributed by atoms with van der Waals surface area (Å²) in [7, 11) is 0. The van der Waals surface area contributed by atoms with E-state index >= 15 is 0 Å². The lowest BCUT2D eigenvalue weighted by molar-refractivity contribution is 0.0660. The van der Waals surface area contributed by atoms with Gasteiger partial charge in [0, 0.05) is 25.2 Å². The number of carbonyl (C=O) groups excluding carboxylic acids is 1. The topological polar surface area (TPSA) is 41.6 Å². The highest BCUT2D eigenvalue weighted by atomic mass is 16.6. The van der Waals surface area contributed by atoms with Crippen LogP contribution in [0.2, 0.25) is 0 Å². The van der Waals surface area contributed by atoms with Gasteiger partial charge in [0.05, 0.1) is 0 Å². The lowest BCUT2D eigenvalue weighted by atomic mass is 9.98. The summed E-state index contributed by atoms with van der Waals surface area (Å²) < 4.78 is 5.47. The zero-order chi connectivity index (χ0) is 17.5. The van der Waals surface area contributed by atoms with E-state index in [2.05, 4.69) is 36.5 Å². The predicted molar refractivity (Wildman–Crippen MR) is 99.1 cm³/mol. The highest BCUT2D eigenvalue weighted by Gasteiger charge is 2.29. The number of amides is 1. The van der Waals surface area contributed by atoms with Crippen LogP contribution in [0.5, 0.6) is 0 Å². The third-order valence-corrected chi connectivity index (χ3v) is 4.75. The number of carbonyl (C=O) groups is 1. The molecule has 1 fully saturated rings. The van der Waals surface area contributed by atoms with Gasteiger partial charge in [0.1, 0.15) is 6.61 Å². The average Bonchev–Trinajstić information content (AvgIpc) is 2.66. The van der Waals surface area contributed by atoms with E-state index in [1.54, 1.807) is 0 Å². The van der Waals surface area contributed by atoms with Crippen molar-refractivity contribution in [3.05, 3.63) is 71.8 Å². The van der Waals surface area contributed by atoms with Gasteiger partial charge in [0.15, 0.2) is 0 Å². The van der Waals surface area contributed by atoms with Gasteiger partial charge in [0.2, 0.25) is 0 Å². The van der Waals surface area contributed by atoms with Gasteiger partial charge in [-0.2, -0.15) is 0 Å². The fourth-order valence-electron chi connectivity index (χ4n) is 3.29. The number of piperidine rings is 1. The summed E-state index contributed by atoms with van der Waals surface area (Å²) in [5.41, 5.74) is 2.31. The van der Waals surface area contributed by atoms with Crippen molar-refractivity contribution in [1.29, 1.82) is 0 Å². The molecule has 0 bridgehead atoms. The molecule has 1 heterocycles. The monoisotopic (exact) mass is 338 g/mol. The van der Waals surface area contributed by atoms with Gasteiger partial charge in [-0.3, -0.25) is 0 Å². The fraction of sp³-hybridized carbons (Fsp3) is 0.381. The summed E-state index contributed by atoms with van der Waals surface area (Å²) in [5, 5.41) is 3.61. The van der Waals surface area contributed by atoms with E-state index in [0.717, 1.165) is 31.5 Å². The van der Waals surface area contributed by atoms with Crippen LogP contribution in [-0.4, -0.2) is 29.6 Å². The Bertz CT molecular complexity index is 660. The average molecular weight is 338 g/mol.